The van der Waals surface area contributed by atoms with E-state index in [2.05, 4.69) is 10.2 Å². The molecule has 5 heteroatoms. The smallest absolute Gasteiger partial charge is 0.178 e. The molecule has 0 aromatic heterocycles. The highest BCUT2D eigenvalue weighted by molar-refractivity contribution is 5.54. The quantitative estimate of drug-likeness (QED) is 0.822. The highest BCUT2D eigenvalue weighted by atomic mass is 16.5. The molecular weight excluding hydrogens is 230 g/mol. The van der Waals surface area contributed by atoms with Crippen LogP contribution in [0.5, 0.6) is 11.5 Å². The van der Waals surface area contributed by atoms with Gasteiger partial charge in [-0.05, 0) is 17.7 Å². The van der Waals surface area contributed by atoms with Crippen LogP contribution in [0.25, 0.3) is 0 Å². The van der Waals surface area contributed by atoms with Crippen molar-refractivity contribution in [3.8, 4) is 17.6 Å². The third-order valence-corrected chi connectivity index (χ3v) is 3.07. The largest absolute Gasteiger partial charge is 0.504 e. The van der Waals surface area contributed by atoms with E-state index >= 15 is 0 Å². The van der Waals surface area contributed by atoms with E-state index in [1.54, 1.807) is 12.1 Å². The van der Waals surface area contributed by atoms with Crippen molar-refractivity contribution >= 4 is 0 Å². The van der Waals surface area contributed by atoms with Gasteiger partial charge in [0.1, 0.15) is 6.07 Å². The van der Waals surface area contributed by atoms with E-state index in [4.69, 9.17) is 10.00 Å². The Kier molecular flexibility index (Phi) is 4.03. The number of piperazine rings is 1. The van der Waals surface area contributed by atoms with E-state index in [0.29, 0.717) is 5.56 Å². The lowest BCUT2D eigenvalue weighted by molar-refractivity contribution is 0.233. The highest BCUT2D eigenvalue weighted by Crippen LogP contribution is 2.31. The number of nitriles is 1. The number of hydrogen-bond acceptors (Lipinski definition) is 5. The molecule has 2 rings (SSSR count). The summed E-state index contributed by atoms with van der Waals surface area (Å²) in [6, 6.07) is 5.50. The van der Waals surface area contributed by atoms with Crippen molar-refractivity contribution in [1.29, 1.82) is 5.26 Å². The Morgan fingerprint density at radius 1 is 1.44 bits per heavy atom. The van der Waals surface area contributed by atoms with Crippen LogP contribution in [-0.4, -0.2) is 43.3 Å². The number of rotatable bonds is 3. The highest BCUT2D eigenvalue weighted by Gasteiger charge is 2.14. The Hall–Kier alpha value is -1.77. The molecular formula is C13H17N3O2. The number of aromatic hydroxyl groups is 1. The van der Waals surface area contributed by atoms with E-state index in [0.717, 1.165) is 38.3 Å². The first-order valence-corrected chi connectivity index (χ1v) is 5.97. The summed E-state index contributed by atoms with van der Waals surface area (Å²) < 4.78 is 5.02. The van der Waals surface area contributed by atoms with Gasteiger partial charge >= 0.3 is 0 Å². The van der Waals surface area contributed by atoms with Crippen molar-refractivity contribution in [2.75, 3.05) is 33.3 Å². The van der Waals surface area contributed by atoms with Crippen LogP contribution in [0.3, 0.4) is 0 Å². The summed E-state index contributed by atoms with van der Waals surface area (Å²) in [4.78, 5) is 2.29. The number of benzene rings is 1. The molecule has 1 fully saturated rings. The monoisotopic (exact) mass is 247 g/mol. The maximum Gasteiger partial charge on any atom is 0.178 e. The van der Waals surface area contributed by atoms with Gasteiger partial charge in [-0.25, -0.2) is 0 Å². The number of nitrogens with zero attached hydrogens (tertiary/aromatic N) is 2. The summed E-state index contributed by atoms with van der Waals surface area (Å²) in [6.07, 6.45) is 0. The van der Waals surface area contributed by atoms with Crippen molar-refractivity contribution in [3.63, 3.8) is 0 Å². The number of hydrogen-bond donors (Lipinski definition) is 2. The van der Waals surface area contributed by atoms with Gasteiger partial charge in [0, 0.05) is 32.7 Å². The lowest BCUT2D eigenvalue weighted by Crippen LogP contribution is -2.42. The lowest BCUT2D eigenvalue weighted by atomic mass is 10.1. The third-order valence-electron chi connectivity index (χ3n) is 3.07. The second-order valence-electron chi connectivity index (χ2n) is 4.33. The minimum absolute atomic E-state index is 0.0293. The zero-order valence-corrected chi connectivity index (χ0v) is 10.4. The molecule has 1 heterocycles. The standard InChI is InChI=1S/C13H17N3O2/c1-18-13-11(8-14)6-10(7-12(13)17)9-16-4-2-15-3-5-16/h6-7,15,17H,2-5,9H2,1H3. The Bertz CT molecular complexity index is 462. The summed E-state index contributed by atoms with van der Waals surface area (Å²) in [5, 5.41) is 22.2. The first-order chi connectivity index (χ1) is 8.74. The average Bonchev–Trinajstić information content (AvgIpc) is 2.39. The number of nitrogens with one attached hydrogen (secondary N) is 1. The van der Waals surface area contributed by atoms with Crippen molar-refractivity contribution in [2.45, 2.75) is 6.54 Å². The van der Waals surface area contributed by atoms with Gasteiger partial charge in [-0.3, -0.25) is 4.90 Å². The number of phenolic OH excluding ortho intramolecular Hbond substituents is 1. The normalized spacial score (nSPS) is 16.2. The molecule has 0 bridgehead atoms. The van der Waals surface area contributed by atoms with Gasteiger partial charge in [0.25, 0.3) is 0 Å². The van der Waals surface area contributed by atoms with Crippen LogP contribution in [-0.2, 0) is 6.54 Å². The summed E-state index contributed by atoms with van der Waals surface area (Å²) in [7, 11) is 1.45. The Balaban J connectivity index is 2.18. The topological polar surface area (TPSA) is 68.5 Å². The first-order valence-electron chi connectivity index (χ1n) is 5.97. The molecule has 0 spiro atoms. The number of phenols is 1. The number of methoxy groups -OCH3 is 1. The average molecular weight is 247 g/mol. The second kappa shape index (κ2) is 5.71. The van der Waals surface area contributed by atoms with Crippen LogP contribution in [0.15, 0.2) is 12.1 Å². The minimum atomic E-state index is 0.0293. The SMILES string of the molecule is COc1c(O)cc(CN2CCNCC2)cc1C#N. The van der Waals surface area contributed by atoms with E-state index in [1.165, 1.54) is 7.11 Å². The van der Waals surface area contributed by atoms with Crippen LogP contribution in [0.4, 0.5) is 0 Å². The van der Waals surface area contributed by atoms with Crippen LogP contribution in [0.2, 0.25) is 0 Å². The molecule has 96 valence electrons. The van der Waals surface area contributed by atoms with Gasteiger partial charge in [0.2, 0.25) is 0 Å². The van der Waals surface area contributed by atoms with Gasteiger partial charge in [0.05, 0.1) is 12.7 Å². The van der Waals surface area contributed by atoms with Gasteiger partial charge in [-0.1, -0.05) is 0 Å². The molecule has 1 saturated heterocycles. The van der Waals surface area contributed by atoms with E-state index in [9.17, 15) is 5.11 Å². The number of ether oxygens (including phenoxy) is 1. The minimum Gasteiger partial charge on any atom is -0.504 e. The Morgan fingerprint density at radius 3 is 2.78 bits per heavy atom. The van der Waals surface area contributed by atoms with Crippen molar-refractivity contribution in [3.05, 3.63) is 23.3 Å². The zero-order valence-electron chi connectivity index (χ0n) is 10.4. The Labute approximate surface area is 107 Å². The molecule has 1 aliphatic heterocycles. The predicted octanol–water partition coefficient (Wildman–Crippen LogP) is 0.678. The van der Waals surface area contributed by atoms with Crippen LogP contribution >= 0.6 is 0 Å². The van der Waals surface area contributed by atoms with Crippen LogP contribution < -0.4 is 10.1 Å². The van der Waals surface area contributed by atoms with Gasteiger partial charge in [0.15, 0.2) is 11.5 Å². The van der Waals surface area contributed by atoms with Crippen LogP contribution in [0.1, 0.15) is 11.1 Å². The molecule has 1 aromatic carbocycles. The molecule has 0 amide bonds. The van der Waals surface area contributed by atoms with Gasteiger partial charge < -0.3 is 15.2 Å². The molecule has 0 atom stereocenters. The second-order valence-corrected chi connectivity index (χ2v) is 4.33. The summed E-state index contributed by atoms with van der Waals surface area (Å²) in [5.41, 5.74) is 1.31. The Morgan fingerprint density at radius 2 is 2.17 bits per heavy atom. The molecule has 5 nitrogen and oxygen atoms in total. The maximum absolute atomic E-state index is 9.83. The van der Waals surface area contributed by atoms with Crippen molar-refractivity contribution in [2.24, 2.45) is 0 Å². The van der Waals surface area contributed by atoms with Crippen molar-refractivity contribution < 1.29 is 9.84 Å². The fourth-order valence-corrected chi connectivity index (χ4v) is 2.19. The molecule has 0 aliphatic carbocycles. The maximum atomic E-state index is 9.83. The fraction of sp³-hybridized carbons (Fsp3) is 0.462. The molecule has 2 N–H and O–H groups in total. The van der Waals surface area contributed by atoms with Crippen LogP contribution in [0, 0.1) is 11.3 Å². The molecule has 0 saturated carbocycles. The summed E-state index contributed by atoms with van der Waals surface area (Å²) in [6.45, 7) is 4.66. The molecule has 0 unspecified atom stereocenters. The summed E-state index contributed by atoms with van der Waals surface area (Å²) in [5.74, 6) is 0.281. The lowest BCUT2D eigenvalue weighted by Gasteiger charge is -2.27. The molecule has 0 radical (unpaired) electrons. The zero-order chi connectivity index (χ0) is 13.0. The fourth-order valence-electron chi connectivity index (χ4n) is 2.19. The molecule has 1 aliphatic rings. The molecule has 1 aromatic rings. The molecule has 18 heavy (non-hydrogen) atoms. The van der Waals surface area contributed by atoms with E-state index in [1.807, 2.05) is 6.07 Å². The first kappa shape index (κ1) is 12.7. The third kappa shape index (κ3) is 2.73. The van der Waals surface area contributed by atoms with Gasteiger partial charge in [-0.15, -0.1) is 0 Å². The van der Waals surface area contributed by atoms with E-state index in [-0.39, 0.29) is 11.5 Å². The van der Waals surface area contributed by atoms with E-state index < -0.39 is 0 Å². The predicted molar refractivity (Wildman–Crippen MR) is 67.5 cm³/mol. The summed E-state index contributed by atoms with van der Waals surface area (Å²) >= 11 is 0. The van der Waals surface area contributed by atoms with Gasteiger partial charge in [-0.2, -0.15) is 5.26 Å². The van der Waals surface area contributed by atoms with Crippen molar-refractivity contribution in [1.82, 2.24) is 10.2 Å².